The Labute approximate surface area is 208 Å². The first-order chi connectivity index (χ1) is 16.2. The molecule has 0 bridgehead atoms. The minimum Gasteiger partial charge on any atom is -0.0654 e. The number of fused-ring (bicyclic) bond motifs is 1. The van der Waals surface area contributed by atoms with Gasteiger partial charge in [0.15, 0.2) is 0 Å². The number of allylic oxidation sites excluding steroid dienone is 2. The second-order valence-corrected chi connectivity index (χ2v) is 10.6. The summed E-state index contributed by atoms with van der Waals surface area (Å²) in [4.78, 5) is 0. The molecule has 0 fully saturated rings. The summed E-state index contributed by atoms with van der Waals surface area (Å²) in [5.74, 6) is 0. The molecule has 0 unspecified atom stereocenters. The molecule has 1 aromatic rings. The van der Waals surface area contributed by atoms with Gasteiger partial charge in [-0.2, -0.15) is 0 Å². The summed E-state index contributed by atoms with van der Waals surface area (Å²) in [7, 11) is 0. The van der Waals surface area contributed by atoms with E-state index in [0.29, 0.717) is 0 Å². The van der Waals surface area contributed by atoms with Gasteiger partial charge < -0.3 is 0 Å². The molecule has 33 heavy (non-hydrogen) atoms. The van der Waals surface area contributed by atoms with Gasteiger partial charge in [0.05, 0.1) is 0 Å². The fraction of sp³-hybridized carbons (Fsp3) is 0.758. The van der Waals surface area contributed by atoms with Crippen LogP contribution >= 0.6 is 0 Å². The standard InChI is InChI=1S/C33H56/c1-7-13-19-26-25-32-30(23-17-11-5)28(21-15-9-3)29(22-16-10-4)31(24-18-12-6)33(32)27(26)20-14-8-2/h7-25H2,1-6H3. The Morgan fingerprint density at radius 2 is 0.818 bits per heavy atom. The van der Waals surface area contributed by atoms with Crippen LogP contribution in [-0.2, 0) is 32.1 Å². The Hall–Kier alpha value is -1.04. The molecule has 0 amide bonds. The highest BCUT2D eigenvalue weighted by Gasteiger charge is 2.30. The minimum absolute atomic E-state index is 1.28. The van der Waals surface area contributed by atoms with E-state index in [1.807, 2.05) is 33.4 Å². The van der Waals surface area contributed by atoms with Gasteiger partial charge in [-0.25, -0.2) is 0 Å². The van der Waals surface area contributed by atoms with E-state index < -0.39 is 0 Å². The lowest BCUT2D eigenvalue weighted by atomic mass is 9.79. The highest BCUT2D eigenvalue weighted by molar-refractivity contribution is 5.81. The maximum absolute atomic E-state index is 2.38. The van der Waals surface area contributed by atoms with Crippen LogP contribution in [0.4, 0.5) is 0 Å². The third-order valence-electron chi connectivity index (χ3n) is 7.91. The summed E-state index contributed by atoms with van der Waals surface area (Å²) < 4.78 is 0. The average Bonchev–Trinajstić information content (AvgIpc) is 3.19. The maximum Gasteiger partial charge on any atom is -0.00521 e. The third-order valence-corrected chi connectivity index (χ3v) is 7.91. The highest BCUT2D eigenvalue weighted by atomic mass is 14.3. The molecular formula is C33H56. The molecule has 0 heteroatoms. The monoisotopic (exact) mass is 452 g/mol. The average molecular weight is 453 g/mol. The Balaban J connectivity index is 2.77. The van der Waals surface area contributed by atoms with Crippen molar-refractivity contribution < 1.29 is 0 Å². The van der Waals surface area contributed by atoms with Crippen molar-refractivity contribution in [2.24, 2.45) is 0 Å². The molecular weight excluding hydrogens is 396 g/mol. The molecule has 0 saturated carbocycles. The molecule has 1 aliphatic rings. The fourth-order valence-corrected chi connectivity index (χ4v) is 5.97. The van der Waals surface area contributed by atoms with E-state index in [9.17, 15) is 0 Å². The number of rotatable bonds is 18. The number of unbranched alkanes of at least 4 members (excludes halogenated alkanes) is 6. The van der Waals surface area contributed by atoms with Crippen molar-refractivity contribution in [3.05, 3.63) is 39.0 Å². The number of hydrogen-bond donors (Lipinski definition) is 0. The Morgan fingerprint density at radius 3 is 1.33 bits per heavy atom. The van der Waals surface area contributed by atoms with Gasteiger partial charge in [0.2, 0.25) is 0 Å². The summed E-state index contributed by atoms with van der Waals surface area (Å²) in [6.45, 7) is 14.2. The van der Waals surface area contributed by atoms with Crippen LogP contribution in [0.25, 0.3) is 5.57 Å². The van der Waals surface area contributed by atoms with Gasteiger partial charge in [0.1, 0.15) is 0 Å². The lowest BCUT2D eigenvalue weighted by molar-refractivity contribution is 0.712. The van der Waals surface area contributed by atoms with Crippen LogP contribution in [0.15, 0.2) is 5.57 Å². The van der Waals surface area contributed by atoms with Crippen LogP contribution in [0.3, 0.4) is 0 Å². The number of benzene rings is 1. The van der Waals surface area contributed by atoms with E-state index in [1.165, 1.54) is 122 Å². The van der Waals surface area contributed by atoms with Crippen LogP contribution in [-0.4, -0.2) is 0 Å². The van der Waals surface area contributed by atoms with Crippen molar-refractivity contribution in [3.63, 3.8) is 0 Å². The molecule has 0 aromatic heterocycles. The van der Waals surface area contributed by atoms with Crippen LogP contribution < -0.4 is 0 Å². The van der Waals surface area contributed by atoms with Crippen molar-refractivity contribution >= 4 is 5.57 Å². The van der Waals surface area contributed by atoms with Crippen LogP contribution in [0.2, 0.25) is 0 Å². The molecule has 0 radical (unpaired) electrons. The fourth-order valence-electron chi connectivity index (χ4n) is 5.97. The van der Waals surface area contributed by atoms with E-state index in [-0.39, 0.29) is 0 Å². The number of hydrogen-bond acceptors (Lipinski definition) is 0. The molecule has 188 valence electrons. The zero-order valence-electron chi connectivity index (χ0n) is 23.4. The maximum atomic E-state index is 2.38. The minimum atomic E-state index is 1.28. The molecule has 0 aliphatic heterocycles. The van der Waals surface area contributed by atoms with Gasteiger partial charge >= 0.3 is 0 Å². The van der Waals surface area contributed by atoms with Gasteiger partial charge in [-0.3, -0.25) is 0 Å². The highest BCUT2D eigenvalue weighted by Crippen LogP contribution is 2.46. The predicted octanol–water partition coefficient (Wildman–Crippen LogP) is 10.7. The van der Waals surface area contributed by atoms with Crippen molar-refractivity contribution in [3.8, 4) is 0 Å². The van der Waals surface area contributed by atoms with E-state index >= 15 is 0 Å². The summed E-state index contributed by atoms with van der Waals surface area (Å²) >= 11 is 0. The zero-order chi connectivity index (χ0) is 24.1. The van der Waals surface area contributed by atoms with Gasteiger partial charge in [0, 0.05) is 0 Å². The van der Waals surface area contributed by atoms with Crippen molar-refractivity contribution in [2.75, 3.05) is 0 Å². The molecule has 0 N–H and O–H groups in total. The SMILES string of the molecule is CCCCC1=C(CCCC)c2c(CCCC)c(CCCC)c(CCCC)c(CCCC)c2C1. The summed E-state index contributed by atoms with van der Waals surface area (Å²) in [6, 6.07) is 0. The van der Waals surface area contributed by atoms with E-state index in [4.69, 9.17) is 0 Å². The Morgan fingerprint density at radius 1 is 0.424 bits per heavy atom. The summed E-state index contributed by atoms with van der Waals surface area (Å²) in [5, 5.41) is 0. The van der Waals surface area contributed by atoms with Crippen molar-refractivity contribution in [1.29, 1.82) is 0 Å². The summed E-state index contributed by atoms with van der Waals surface area (Å²) in [5.41, 5.74) is 14.5. The van der Waals surface area contributed by atoms with Gasteiger partial charge in [-0.15, -0.1) is 0 Å². The summed E-state index contributed by atoms with van der Waals surface area (Å²) in [6.07, 6.45) is 25.1. The van der Waals surface area contributed by atoms with Crippen molar-refractivity contribution in [2.45, 2.75) is 164 Å². The molecule has 2 rings (SSSR count). The molecule has 0 saturated heterocycles. The molecule has 0 nitrogen and oxygen atoms in total. The van der Waals surface area contributed by atoms with Crippen LogP contribution in [0.5, 0.6) is 0 Å². The lowest BCUT2D eigenvalue weighted by Crippen LogP contribution is -2.12. The largest absolute Gasteiger partial charge is 0.0654 e. The predicted molar refractivity (Wildman–Crippen MR) is 151 cm³/mol. The Bertz CT molecular complexity index is 733. The first-order valence-electron chi connectivity index (χ1n) is 15.1. The van der Waals surface area contributed by atoms with E-state index in [0.717, 1.165) is 0 Å². The second-order valence-electron chi connectivity index (χ2n) is 10.6. The quantitative estimate of drug-likeness (QED) is 0.208. The van der Waals surface area contributed by atoms with Gasteiger partial charge in [-0.05, 0) is 122 Å². The third kappa shape index (κ3) is 7.47. The zero-order valence-corrected chi connectivity index (χ0v) is 23.4. The lowest BCUT2D eigenvalue weighted by Gasteiger charge is -2.26. The Kier molecular flexibility index (Phi) is 13.5. The molecule has 1 aliphatic carbocycles. The first kappa shape index (κ1) is 28.2. The van der Waals surface area contributed by atoms with Crippen LogP contribution in [0.1, 0.15) is 165 Å². The second kappa shape index (κ2) is 15.8. The first-order valence-corrected chi connectivity index (χ1v) is 15.1. The molecule has 0 atom stereocenters. The topological polar surface area (TPSA) is 0 Å². The van der Waals surface area contributed by atoms with E-state index in [1.54, 1.807) is 11.1 Å². The molecule has 1 aromatic carbocycles. The molecule has 0 heterocycles. The van der Waals surface area contributed by atoms with Gasteiger partial charge in [0.25, 0.3) is 0 Å². The molecule has 0 spiro atoms. The van der Waals surface area contributed by atoms with E-state index in [2.05, 4.69) is 41.5 Å². The van der Waals surface area contributed by atoms with Crippen LogP contribution in [0, 0.1) is 0 Å². The normalized spacial score (nSPS) is 13.3. The van der Waals surface area contributed by atoms with Gasteiger partial charge in [-0.1, -0.05) is 85.6 Å². The smallest absolute Gasteiger partial charge is 0.00521 e. The van der Waals surface area contributed by atoms with Crippen molar-refractivity contribution in [1.82, 2.24) is 0 Å².